The van der Waals surface area contributed by atoms with E-state index in [1.165, 1.54) is 0 Å². The Bertz CT molecular complexity index is 155. The SMILES string of the molecule is FC(F)(F)OC1=[C]SCN1. The third kappa shape index (κ3) is 2.38. The highest BCUT2D eigenvalue weighted by Crippen LogP contribution is 2.22. The van der Waals surface area contributed by atoms with Crippen LogP contribution in [0.25, 0.3) is 0 Å². The fraction of sp³-hybridized carbons (Fsp3) is 0.500. The van der Waals surface area contributed by atoms with Crippen molar-refractivity contribution in [3.8, 4) is 0 Å². The largest absolute Gasteiger partial charge is 0.574 e. The fourth-order valence-corrected chi connectivity index (χ4v) is 0.932. The highest BCUT2D eigenvalue weighted by molar-refractivity contribution is 8.01. The van der Waals surface area contributed by atoms with Crippen molar-refractivity contribution in [1.29, 1.82) is 0 Å². The molecule has 0 fully saturated rings. The molecule has 0 aliphatic carbocycles. The molecule has 1 N–H and O–H groups in total. The van der Waals surface area contributed by atoms with Crippen molar-refractivity contribution in [2.45, 2.75) is 6.36 Å². The normalized spacial score (nSPS) is 18.1. The first kappa shape index (κ1) is 7.59. The Hall–Kier alpha value is -0.520. The molecule has 0 aromatic carbocycles. The van der Waals surface area contributed by atoms with Crippen LogP contribution >= 0.6 is 11.8 Å². The lowest BCUT2D eigenvalue weighted by Gasteiger charge is -2.08. The van der Waals surface area contributed by atoms with E-state index in [1.54, 1.807) is 0 Å². The fourth-order valence-electron chi connectivity index (χ4n) is 0.412. The Morgan fingerprint density at radius 2 is 2.30 bits per heavy atom. The zero-order valence-electron chi connectivity index (χ0n) is 4.66. The maximum Gasteiger partial charge on any atom is 0.574 e. The van der Waals surface area contributed by atoms with E-state index >= 15 is 0 Å². The summed E-state index contributed by atoms with van der Waals surface area (Å²) >= 11 is 1.10. The lowest BCUT2D eigenvalue weighted by atomic mass is 10.9. The Kier molecular flexibility index (Phi) is 1.98. The number of nitrogens with one attached hydrogen (secondary N) is 1. The van der Waals surface area contributed by atoms with Crippen LogP contribution < -0.4 is 5.32 Å². The summed E-state index contributed by atoms with van der Waals surface area (Å²) in [5.41, 5.74) is 0. The predicted octanol–water partition coefficient (Wildman–Crippen LogP) is 1.42. The van der Waals surface area contributed by atoms with Crippen molar-refractivity contribution >= 4 is 11.8 Å². The molecular weight excluding hydrogens is 167 g/mol. The van der Waals surface area contributed by atoms with Crippen LogP contribution in [0.1, 0.15) is 0 Å². The number of halogens is 3. The van der Waals surface area contributed by atoms with E-state index in [0.717, 1.165) is 11.8 Å². The molecule has 0 aromatic rings. The minimum Gasteiger partial charge on any atom is -0.389 e. The first-order chi connectivity index (χ1) is 4.58. The van der Waals surface area contributed by atoms with E-state index in [-0.39, 0.29) is 5.88 Å². The second kappa shape index (κ2) is 2.61. The van der Waals surface area contributed by atoms with Gasteiger partial charge in [-0.1, -0.05) is 11.8 Å². The summed E-state index contributed by atoms with van der Waals surface area (Å²) in [6.07, 6.45) is -4.61. The van der Waals surface area contributed by atoms with E-state index in [9.17, 15) is 13.2 Å². The number of alkyl halides is 3. The first-order valence-electron chi connectivity index (χ1n) is 2.32. The average molecular weight is 170 g/mol. The number of hydrogen-bond acceptors (Lipinski definition) is 3. The molecule has 0 atom stereocenters. The highest BCUT2D eigenvalue weighted by atomic mass is 32.2. The molecule has 10 heavy (non-hydrogen) atoms. The van der Waals surface area contributed by atoms with Crippen molar-refractivity contribution in [1.82, 2.24) is 5.32 Å². The van der Waals surface area contributed by atoms with Gasteiger partial charge in [0.2, 0.25) is 5.88 Å². The van der Waals surface area contributed by atoms with Gasteiger partial charge in [-0.3, -0.25) is 0 Å². The van der Waals surface area contributed by atoms with Gasteiger partial charge in [0, 0.05) is 0 Å². The van der Waals surface area contributed by atoms with Gasteiger partial charge in [0.05, 0.1) is 11.3 Å². The summed E-state index contributed by atoms with van der Waals surface area (Å²) in [4.78, 5) is 0. The monoisotopic (exact) mass is 170 g/mol. The number of thioether (sulfide) groups is 1. The molecule has 1 aliphatic heterocycles. The summed E-state index contributed by atoms with van der Waals surface area (Å²) < 4.78 is 37.6. The molecule has 1 aliphatic rings. The van der Waals surface area contributed by atoms with Crippen molar-refractivity contribution in [2.75, 3.05) is 5.88 Å². The Morgan fingerprint density at radius 1 is 1.60 bits per heavy atom. The minimum atomic E-state index is -4.61. The quantitative estimate of drug-likeness (QED) is 0.643. The summed E-state index contributed by atoms with van der Waals surface area (Å²) in [5.74, 6) is 0.0308. The van der Waals surface area contributed by atoms with Gasteiger partial charge in [-0.05, 0) is 0 Å². The van der Waals surface area contributed by atoms with Crippen LogP contribution in [-0.4, -0.2) is 12.2 Å². The van der Waals surface area contributed by atoms with Crippen molar-refractivity contribution in [3.05, 3.63) is 11.3 Å². The Balaban J connectivity index is 2.38. The smallest absolute Gasteiger partial charge is 0.389 e. The number of rotatable bonds is 1. The molecule has 1 rings (SSSR count). The molecule has 2 nitrogen and oxygen atoms in total. The summed E-state index contributed by atoms with van der Waals surface area (Å²) in [6, 6.07) is 0. The van der Waals surface area contributed by atoms with Gasteiger partial charge in [0.25, 0.3) is 0 Å². The second-order valence-electron chi connectivity index (χ2n) is 1.44. The zero-order valence-corrected chi connectivity index (χ0v) is 5.47. The van der Waals surface area contributed by atoms with Gasteiger partial charge < -0.3 is 10.1 Å². The lowest BCUT2D eigenvalue weighted by Crippen LogP contribution is -2.19. The van der Waals surface area contributed by atoms with E-state index in [1.807, 2.05) is 0 Å². The minimum absolute atomic E-state index is 0.350. The summed E-state index contributed by atoms with van der Waals surface area (Å²) in [6.45, 7) is 0. The van der Waals surface area contributed by atoms with Crippen molar-refractivity contribution < 1.29 is 17.9 Å². The van der Waals surface area contributed by atoms with Gasteiger partial charge in [-0.15, -0.1) is 13.2 Å². The van der Waals surface area contributed by atoms with Gasteiger partial charge in [0.1, 0.15) is 0 Å². The predicted molar refractivity (Wildman–Crippen MR) is 29.5 cm³/mol. The van der Waals surface area contributed by atoms with E-state index in [4.69, 9.17) is 0 Å². The Labute approximate surface area is 59.4 Å². The van der Waals surface area contributed by atoms with Gasteiger partial charge in [-0.25, -0.2) is 0 Å². The van der Waals surface area contributed by atoms with Crippen LogP contribution in [-0.2, 0) is 4.74 Å². The average Bonchev–Trinajstić information content (AvgIpc) is 2.12. The molecule has 0 aromatic heterocycles. The van der Waals surface area contributed by atoms with Gasteiger partial charge in [-0.2, -0.15) is 0 Å². The van der Waals surface area contributed by atoms with Crippen LogP contribution in [0.5, 0.6) is 0 Å². The first-order valence-corrected chi connectivity index (χ1v) is 3.31. The molecule has 0 amide bonds. The lowest BCUT2D eigenvalue weighted by molar-refractivity contribution is -0.307. The van der Waals surface area contributed by atoms with E-state index < -0.39 is 6.36 Å². The van der Waals surface area contributed by atoms with Crippen LogP contribution in [0.15, 0.2) is 5.88 Å². The number of hydrogen-bond donors (Lipinski definition) is 1. The molecular formula is C4H3F3NOS. The van der Waals surface area contributed by atoms with Gasteiger partial charge in [0.15, 0.2) is 0 Å². The summed E-state index contributed by atoms with van der Waals surface area (Å²) in [7, 11) is 0. The van der Waals surface area contributed by atoms with Crippen molar-refractivity contribution in [2.24, 2.45) is 0 Å². The van der Waals surface area contributed by atoms with Crippen LogP contribution in [0.4, 0.5) is 13.2 Å². The molecule has 1 radical (unpaired) electrons. The maximum atomic E-state index is 11.4. The maximum absolute atomic E-state index is 11.4. The van der Waals surface area contributed by atoms with Gasteiger partial charge >= 0.3 is 6.36 Å². The second-order valence-corrected chi connectivity index (χ2v) is 2.23. The molecule has 0 saturated carbocycles. The number of ether oxygens (including phenoxy) is 1. The molecule has 1 heterocycles. The van der Waals surface area contributed by atoms with Crippen LogP contribution in [0.2, 0.25) is 0 Å². The molecule has 0 saturated heterocycles. The molecule has 0 spiro atoms. The standard InChI is InChI=1S/C4H3F3NOS/c5-4(6,7)9-3-1-10-2-8-3/h8H,2H2. The van der Waals surface area contributed by atoms with E-state index in [2.05, 4.69) is 15.5 Å². The highest BCUT2D eigenvalue weighted by Gasteiger charge is 2.32. The molecule has 6 heteroatoms. The van der Waals surface area contributed by atoms with E-state index in [0.29, 0.717) is 5.88 Å². The topological polar surface area (TPSA) is 21.3 Å². The third-order valence-corrected chi connectivity index (χ3v) is 1.31. The Morgan fingerprint density at radius 3 is 2.70 bits per heavy atom. The van der Waals surface area contributed by atoms with Crippen molar-refractivity contribution in [3.63, 3.8) is 0 Å². The summed E-state index contributed by atoms with van der Waals surface area (Å²) in [5, 5.41) is 4.63. The zero-order chi connectivity index (χ0) is 7.61. The third-order valence-electron chi connectivity index (χ3n) is 0.688. The van der Waals surface area contributed by atoms with Crippen LogP contribution in [0.3, 0.4) is 0 Å². The molecule has 0 bridgehead atoms. The molecule has 57 valence electrons. The molecule has 0 unspecified atom stereocenters. The van der Waals surface area contributed by atoms with Crippen LogP contribution in [0, 0.1) is 5.41 Å².